The number of ether oxygens (including phenoxy) is 1. The van der Waals surface area contributed by atoms with E-state index in [-0.39, 0.29) is 18.0 Å². The van der Waals surface area contributed by atoms with Gasteiger partial charge < -0.3 is 15.4 Å². The number of carbonyl (C=O) groups is 1. The number of rotatable bonds is 11. The molecule has 198 valence electrons. The van der Waals surface area contributed by atoms with Gasteiger partial charge >= 0.3 is 0 Å². The second-order valence-corrected chi connectivity index (χ2v) is 9.74. The summed E-state index contributed by atoms with van der Waals surface area (Å²) < 4.78 is 6.00. The molecule has 39 heavy (non-hydrogen) atoms. The maximum atomic E-state index is 13.3. The normalized spacial score (nSPS) is 17.3. The highest BCUT2D eigenvalue weighted by Crippen LogP contribution is 2.23. The summed E-state index contributed by atoms with van der Waals surface area (Å²) in [5.74, 6) is 1.68. The lowest BCUT2D eigenvalue weighted by molar-refractivity contribution is -0.125. The fraction of sp³-hybridized carbons (Fsp3) is 0.212. The van der Waals surface area contributed by atoms with Crippen LogP contribution in [0.2, 0.25) is 0 Å². The number of benzene rings is 3. The Morgan fingerprint density at radius 1 is 0.897 bits per heavy atom. The molecule has 2 N–H and O–H groups in total. The fourth-order valence-electron chi connectivity index (χ4n) is 4.83. The molecule has 0 bridgehead atoms. The van der Waals surface area contributed by atoms with Gasteiger partial charge in [0.1, 0.15) is 11.5 Å². The van der Waals surface area contributed by atoms with Crippen LogP contribution in [-0.2, 0) is 17.9 Å². The molecule has 1 amide bonds. The molecule has 6 nitrogen and oxygen atoms in total. The largest absolute Gasteiger partial charge is 0.457 e. The van der Waals surface area contributed by atoms with Gasteiger partial charge in [-0.25, -0.2) is 0 Å². The number of hydrogen-bond donors (Lipinski definition) is 2. The van der Waals surface area contributed by atoms with Crippen LogP contribution >= 0.6 is 0 Å². The third-order valence-electron chi connectivity index (χ3n) is 6.82. The molecule has 6 heteroatoms. The molecule has 1 saturated heterocycles. The monoisotopic (exact) mass is 518 g/mol. The van der Waals surface area contributed by atoms with Gasteiger partial charge in [0.2, 0.25) is 5.91 Å². The number of para-hydroxylation sites is 1. The van der Waals surface area contributed by atoms with Crippen molar-refractivity contribution in [2.24, 2.45) is 0 Å². The average Bonchev–Trinajstić information content (AvgIpc) is 3.40. The van der Waals surface area contributed by atoms with Crippen molar-refractivity contribution >= 4 is 12.0 Å². The molecular formula is C33H34N4O2. The van der Waals surface area contributed by atoms with Gasteiger partial charge in [0.15, 0.2) is 0 Å². The van der Waals surface area contributed by atoms with E-state index in [2.05, 4.69) is 56.9 Å². The van der Waals surface area contributed by atoms with E-state index >= 15 is 0 Å². The second-order valence-electron chi connectivity index (χ2n) is 9.74. The number of pyridine rings is 1. The number of carbonyl (C=O) groups excluding carboxylic acids is 1. The van der Waals surface area contributed by atoms with E-state index < -0.39 is 0 Å². The first-order chi connectivity index (χ1) is 19.2. The summed E-state index contributed by atoms with van der Waals surface area (Å²) in [5, 5.41) is 6.79. The molecule has 1 aliphatic rings. The number of amides is 1. The van der Waals surface area contributed by atoms with Gasteiger partial charge in [-0.3, -0.25) is 14.7 Å². The maximum absolute atomic E-state index is 13.3. The Balaban J connectivity index is 1.20. The molecule has 4 aromatic rings. The Morgan fingerprint density at radius 3 is 2.46 bits per heavy atom. The summed E-state index contributed by atoms with van der Waals surface area (Å²) >= 11 is 0. The molecule has 5 rings (SSSR count). The van der Waals surface area contributed by atoms with Crippen molar-refractivity contribution in [3.8, 4) is 11.5 Å². The third kappa shape index (κ3) is 7.87. The average molecular weight is 519 g/mol. The zero-order valence-corrected chi connectivity index (χ0v) is 21.9. The summed E-state index contributed by atoms with van der Waals surface area (Å²) in [6, 6.07) is 32.0. The van der Waals surface area contributed by atoms with E-state index in [0.717, 1.165) is 41.2 Å². The first-order valence-electron chi connectivity index (χ1n) is 13.4. The molecule has 0 aliphatic carbocycles. The van der Waals surface area contributed by atoms with E-state index in [0.29, 0.717) is 19.6 Å². The second kappa shape index (κ2) is 13.5. The first kappa shape index (κ1) is 26.4. The topological polar surface area (TPSA) is 66.5 Å². The predicted molar refractivity (Wildman–Crippen MR) is 155 cm³/mol. The van der Waals surface area contributed by atoms with Gasteiger partial charge in [0.25, 0.3) is 0 Å². The van der Waals surface area contributed by atoms with Crippen LogP contribution in [0.25, 0.3) is 6.08 Å². The molecule has 2 heterocycles. The Bertz CT molecular complexity index is 1350. The Labute approximate surface area is 230 Å². The number of likely N-dealkylation sites (tertiary alicyclic amines) is 1. The molecule has 2 atom stereocenters. The Morgan fingerprint density at radius 2 is 1.67 bits per heavy atom. The lowest BCUT2D eigenvalue weighted by Gasteiger charge is -2.22. The lowest BCUT2D eigenvalue weighted by Crippen LogP contribution is -2.43. The standard InChI is InChI=1S/C33H34N4O2/c38-33(36-24-28-13-8-18-34-22-28)32-21-29(25-37(32)19-9-14-26-10-3-1-4-11-26)35-23-27-12-7-17-31(20-27)39-30-15-5-2-6-16-30/h1-18,20,22,29,32,35H,19,21,23-25H2,(H,36,38)/t29-,32-/m0/s1. The first-order valence-corrected chi connectivity index (χ1v) is 13.4. The van der Waals surface area contributed by atoms with E-state index in [9.17, 15) is 4.79 Å². The number of aromatic nitrogens is 1. The minimum absolute atomic E-state index is 0.0505. The quantitative estimate of drug-likeness (QED) is 0.277. The highest BCUT2D eigenvalue weighted by Gasteiger charge is 2.35. The highest BCUT2D eigenvalue weighted by atomic mass is 16.5. The molecule has 1 aromatic heterocycles. The van der Waals surface area contributed by atoms with Gasteiger partial charge in [-0.15, -0.1) is 0 Å². The van der Waals surface area contributed by atoms with Crippen LogP contribution in [0, 0.1) is 0 Å². The summed E-state index contributed by atoms with van der Waals surface area (Å²) in [6.45, 7) is 2.68. The van der Waals surface area contributed by atoms with Crippen molar-refractivity contribution in [1.82, 2.24) is 20.5 Å². The van der Waals surface area contributed by atoms with Crippen LogP contribution in [0.1, 0.15) is 23.1 Å². The van der Waals surface area contributed by atoms with Crippen molar-refractivity contribution < 1.29 is 9.53 Å². The summed E-state index contributed by atoms with van der Waals surface area (Å²) in [7, 11) is 0. The summed E-state index contributed by atoms with van der Waals surface area (Å²) in [5.41, 5.74) is 3.29. The van der Waals surface area contributed by atoms with Gasteiger partial charge in [-0.05, 0) is 53.4 Å². The van der Waals surface area contributed by atoms with Crippen LogP contribution in [0.15, 0.2) is 116 Å². The third-order valence-corrected chi connectivity index (χ3v) is 6.82. The molecular weight excluding hydrogens is 484 g/mol. The number of hydrogen-bond acceptors (Lipinski definition) is 5. The van der Waals surface area contributed by atoms with E-state index in [4.69, 9.17) is 4.74 Å². The highest BCUT2D eigenvalue weighted by molar-refractivity contribution is 5.82. The van der Waals surface area contributed by atoms with Crippen molar-refractivity contribution in [2.75, 3.05) is 13.1 Å². The molecule has 1 fully saturated rings. The predicted octanol–water partition coefficient (Wildman–Crippen LogP) is 5.44. The summed E-state index contributed by atoms with van der Waals surface area (Å²) in [4.78, 5) is 19.7. The van der Waals surface area contributed by atoms with E-state index in [1.54, 1.807) is 12.4 Å². The Hall–Kier alpha value is -4.26. The zero-order valence-electron chi connectivity index (χ0n) is 21.9. The van der Waals surface area contributed by atoms with Crippen molar-refractivity contribution in [3.63, 3.8) is 0 Å². The minimum Gasteiger partial charge on any atom is -0.457 e. The van der Waals surface area contributed by atoms with E-state index in [1.807, 2.05) is 72.8 Å². The van der Waals surface area contributed by atoms with Crippen LogP contribution < -0.4 is 15.4 Å². The van der Waals surface area contributed by atoms with Gasteiger partial charge in [-0.2, -0.15) is 0 Å². The molecule has 0 unspecified atom stereocenters. The van der Waals surface area contributed by atoms with Crippen LogP contribution in [-0.4, -0.2) is 41.0 Å². The van der Waals surface area contributed by atoms with Crippen molar-refractivity contribution in [1.29, 1.82) is 0 Å². The maximum Gasteiger partial charge on any atom is 0.237 e. The van der Waals surface area contributed by atoms with Crippen molar-refractivity contribution in [3.05, 3.63) is 132 Å². The minimum atomic E-state index is -0.202. The smallest absolute Gasteiger partial charge is 0.237 e. The number of nitrogens with zero attached hydrogens (tertiary/aromatic N) is 2. The van der Waals surface area contributed by atoms with Gasteiger partial charge in [0, 0.05) is 44.6 Å². The van der Waals surface area contributed by atoms with Crippen LogP contribution in [0.4, 0.5) is 0 Å². The van der Waals surface area contributed by atoms with Crippen molar-refractivity contribution in [2.45, 2.75) is 31.6 Å². The SMILES string of the molecule is O=C(NCc1cccnc1)[C@@H]1C[C@H](NCc2cccc(Oc3ccccc3)c2)CN1CC=Cc1ccccc1. The molecule has 0 spiro atoms. The van der Waals surface area contributed by atoms with Crippen LogP contribution in [0.3, 0.4) is 0 Å². The number of nitrogens with one attached hydrogen (secondary N) is 2. The molecule has 0 radical (unpaired) electrons. The lowest BCUT2D eigenvalue weighted by atomic mass is 10.1. The molecule has 3 aromatic carbocycles. The zero-order chi connectivity index (χ0) is 26.7. The molecule has 1 aliphatic heterocycles. The van der Waals surface area contributed by atoms with Gasteiger partial charge in [-0.1, -0.05) is 78.9 Å². The van der Waals surface area contributed by atoms with Crippen LogP contribution in [0.5, 0.6) is 11.5 Å². The van der Waals surface area contributed by atoms with E-state index in [1.165, 1.54) is 0 Å². The fourth-order valence-corrected chi connectivity index (χ4v) is 4.83. The summed E-state index contributed by atoms with van der Waals surface area (Å²) in [6.07, 6.45) is 8.53. The Kier molecular flexibility index (Phi) is 9.13. The molecule has 0 saturated carbocycles. The van der Waals surface area contributed by atoms with Gasteiger partial charge in [0.05, 0.1) is 6.04 Å².